The Morgan fingerprint density at radius 3 is 2.62 bits per heavy atom. The van der Waals surface area contributed by atoms with Crippen molar-refractivity contribution in [3.05, 3.63) is 41.7 Å². The maximum absolute atomic E-state index is 12.5. The van der Waals surface area contributed by atoms with Crippen molar-refractivity contribution >= 4 is 23.2 Å². The van der Waals surface area contributed by atoms with Gasteiger partial charge in [0.2, 0.25) is 5.91 Å². The molecule has 0 fully saturated rings. The van der Waals surface area contributed by atoms with Gasteiger partial charge in [-0.05, 0) is 51.0 Å². The van der Waals surface area contributed by atoms with Crippen LogP contribution < -0.4 is 10.2 Å². The first kappa shape index (κ1) is 16.2. The fourth-order valence-corrected chi connectivity index (χ4v) is 2.83. The zero-order valence-corrected chi connectivity index (χ0v) is 14.5. The smallest absolute Gasteiger partial charge is 0.255 e. The number of amides is 2. The van der Waals surface area contributed by atoms with Crippen LogP contribution in [-0.2, 0) is 16.8 Å². The molecule has 0 spiro atoms. The zero-order valence-electron chi connectivity index (χ0n) is 14.5. The first-order chi connectivity index (χ1) is 11.3. The summed E-state index contributed by atoms with van der Waals surface area (Å²) in [5.41, 5.74) is 3.05. The summed E-state index contributed by atoms with van der Waals surface area (Å²) < 4.78 is 1.82. The third-order valence-corrected chi connectivity index (χ3v) is 4.15. The largest absolute Gasteiger partial charge is 0.319 e. The molecule has 1 aromatic heterocycles. The van der Waals surface area contributed by atoms with Gasteiger partial charge >= 0.3 is 0 Å². The van der Waals surface area contributed by atoms with E-state index in [1.807, 2.05) is 43.8 Å². The number of benzene rings is 1. The number of nitrogens with zero attached hydrogens (tertiary/aromatic N) is 3. The van der Waals surface area contributed by atoms with Gasteiger partial charge < -0.3 is 10.2 Å². The molecule has 2 amide bonds. The number of hydrogen-bond donors (Lipinski definition) is 1. The fraction of sp³-hybridized carbons (Fsp3) is 0.389. The fourth-order valence-electron chi connectivity index (χ4n) is 2.83. The van der Waals surface area contributed by atoms with Gasteiger partial charge in [0.05, 0.1) is 17.4 Å². The summed E-state index contributed by atoms with van der Waals surface area (Å²) in [6.45, 7) is 8.38. The zero-order chi connectivity index (χ0) is 17.5. The van der Waals surface area contributed by atoms with E-state index in [2.05, 4.69) is 10.4 Å². The van der Waals surface area contributed by atoms with Gasteiger partial charge in [-0.25, -0.2) is 0 Å². The minimum absolute atomic E-state index is 0.0283. The van der Waals surface area contributed by atoms with E-state index in [0.29, 0.717) is 17.8 Å². The van der Waals surface area contributed by atoms with Crippen molar-refractivity contribution in [2.75, 3.05) is 16.8 Å². The van der Waals surface area contributed by atoms with E-state index in [1.165, 1.54) is 0 Å². The predicted molar refractivity (Wildman–Crippen MR) is 93.3 cm³/mol. The molecule has 0 saturated carbocycles. The lowest BCUT2D eigenvalue weighted by molar-refractivity contribution is -0.116. The average Bonchev–Trinajstić information content (AvgIpc) is 3.12. The Bertz CT molecular complexity index is 802. The lowest BCUT2D eigenvalue weighted by Gasteiger charge is -2.18. The van der Waals surface area contributed by atoms with Crippen LogP contribution in [0.4, 0.5) is 11.4 Å². The van der Waals surface area contributed by atoms with Crippen LogP contribution in [0.25, 0.3) is 0 Å². The van der Waals surface area contributed by atoms with Crippen molar-refractivity contribution in [2.24, 2.45) is 0 Å². The molecule has 0 saturated heterocycles. The molecule has 3 rings (SSSR count). The second kappa shape index (κ2) is 5.78. The molecule has 1 aliphatic heterocycles. The van der Waals surface area contributed by atoms with Gasteiger partial charge in [0.1, 0.15) is 0 Å². The number of carbonyl (C=O) groups is 2. The van der Waals surface area contributed by atoms with Crippen LogP contribution in [0, 0.1) is 0 Å². The number of anilines is 2. The van der Waals surface area contributed by atoms with Gasteiger partial charge in [0.25, 0.3) is 5.91 Å². The van der Waals surface area contributed by atoms with Crippen LogP contribution in [0.1, 0.15) is 43.6 Å². The Kier molecular flexibility index (Phi) is 3.91. The summed E-state index contributed by atoms with van der Waals surface area (Å²) in [4.78, 5) is 25.8. The van der Waals surface area contributed by atoms with Crippen molar-refractivity contribution < 1.29 is 9.59 Å². The van der Waals surface area contributed by atoms with Gasteiger partial charge in [-0.3, -0.25) is 14.3 Å². The normalized spacial score (nSPS) is 13.8. The molecular weight excluding hydrogens is 304 g/mol. The Hall–Kier alpha value is -2.63. The van der Waals surface area contributed by atoms with Crippen LogP contribution in [0.15, 0.2) is 30.6 Å². The number of fused-ring (bicyclic) bond motifs is 1. The molecule has 126 valence electrons. The maximum Gasteiger partial charge on any atom is 0.255 e. The average molecular weight is 326 g/mol. The highest BCUT2D eigenvalue weighted by atomic mass is 16.2. The molecule has 0 bridgehead atoms. The van der Waals surface area contributed by atoms with E-state index in [4.69, 9.17) is 0 Å². The summed E-state index contributed by atoms with van der Waals surface area (Å²) in [5, 5.41) is 7.15. The Labute approximate surface area is 141 Å². The van der Waals surface area contributed by atoms with Crippen molar-refractivity contribution in [1.29, 1.82) is 0 Å². The van der Waals surface area contributed by atoms with E-state index >= 15 is 0 Å². The lowest BCUT2D eigenvalue weighted by Crippen LogP contribution is -2.25. The molecule has 6 heteroatoms. The van der Waals surface area contributed by atoms with Crippen molar-refractivity contribution in [2.45, 2.75) is 39.7 Å². The molecule has 2 heterocycles. The Balaban J connectivity index is 1.77. The first-order valence-corrected chi connectivity index (χ1v) is 8.03. The SMILES string of the molecule is CC(=O)N1CCc2cc(C(=O)Nc3cnn(C(C)(C)C)c3)ccc21. The van der Waals surface area contributed by atoms with E-state index in [9.17, 15) is 9.59 Å². The summed E-state index contributed by atoms with van der Waals surface area (Å²) in [6, 6.07) is 5.46. The molecular formula is C18H22N4O2. The molecule has 0 unspecified atom stereocenters. The van der Waals surface area contributed by atoms with Crippen LogP contribution in [0.2, 0.25) is 0 Å². The number of hydrogen-bond acceptors (Lipinski definition) is 3. The quantitative estimate of drug-likeness (QED) is 0.923. The molecule has 0 atom stereocenters. The summed E-state index contributed by atoms with van der Waals surface area (Å²) in [5.74, 6) is -0.145. The Morgan fingerprint density at radius 1 is 1.25 bits per heavy atom. The number of nitrogens with one attached hydrogen (secondary N) is 1. The van der Waals surface area contributed by atoms with Crippen LogP contribution in [0.3, 0.4) is 0 Å². The van der Waals surface area contributed by atoms with Crippen molar-refractivity contribution in [3.8, 4) is 0 Å². The van der Waals surface area contributed by atoms with Crippen molar-refractivity contribution in [3.63, 3.8) is 0 Å². The third kappa shape index (κ3) is 3.04. The topological polar surface area (TPSA) is 67.2 Å². The van der Waals surface area contributed by atoms with Crippen LogP contribution in [0.5, 0.6) is 0 Å². The molecule has 1 aliphatic rings. The van der Waals surface area contributed by atoms with Gasteiger partial charge in [0, 0.05) is 30.9 Å². The van der Waals surface area contributed by atoms with Gasteiger partial charge in [0.15, 0.2) is 0 Å². The molecule has 0 aliphatic carbocycles. The molecule has 2 aromatic rings. The van der Waals surface area contributed by atoms with Crippen LogP contribution in [-0.4, -0.2) is 28.1 Å². The monoisotopic (exact) mass is 326 g/mol. The number of carbonyl (C=O) groups excluding carboxylic acids is 2. The molecule has 0 radical (unpaired) electrons. The summed E-state index contributed by atoms with van der Waals surface area (Å²) in [6.07, 6.45) is 4.24. The maximum atomic E-state index is 12.5. The van der Waals surface area contributed by atoms with Gasteiger partial charge in [-0.1, -0.05) is 0 Å². The van der Waals surface area contributed by atoms with E-state index in [1.54, 1.807) is 24.1 Å². The molecule has 24 heavy (non-hydrogen) atoms. The Morgan fingerprint density at radius 2 is 2.00 bits per heavy atom. The highest BCUT2D eigenvalue weighted by Gasteiger charge is 2.23. The minimum atomic E-state index is -0.174. The van der Waals surface area contributed by atoms with Crippen molar-refractivity contribution in [1.82, 2.24) is 9.78 Å². The van der Waals surface area contributed by atoms with Crippen LogP contribution >= 0.6 is 0 Å². The van der Waals surface area contributed by atoms with E-state index in [0.717, 1.165) is 17.7 Å². The first-order valence-electron chi connectivity index (χ1n) is 8.03. The highest BCUT2D eigenvalue weighted by molar-refractivity contribution is 6.05. The summed E-state index contributed by atoms with van der Waals surface area (Å²) in [7, 11) is 0. The van der Waals surface area contributed by atoms with E-state index in [-0.39, 0.29) is 17.4 Å². The number of aromatic nitrogens is 2. The lowest BCUT2D eigenvalue weighted by atomic mass is 10.1. The minimum Gasteiger partial charge on any atom is -0.319 e. The van der Waals surface area contributed by atoms with Gasteiger partial charge in [-0.15, -0.1) is 0 Å². The standard InChI is InChI=1S/C18H22N4O2/c1-12(23)21-8-7-13-9-14(5-6-16(13)21)17(24)20-15-10-19-22(11-15)18(2,3)4/h5-6,9-11H,7-8H2,1-4H3,(H,20,24). The predicted octanol–water partition coefficient (Wildman–Crippen LogP) is 2.80. The van der Waals surface area contributed by atoms with E-state index < -0.39 is 0 Å². The highest BCUT2D eigenvalue weighted by Crippen LogP contribution is 2.29. The molecule has 1 aromatic carbocycles. The second-order valence-electron chi connectivity index (χ2n) is 7.06. The second-order valence-corrected chi connectivity index (χ2v) is 7.06. The summed E-state index contributed by atoms with van der Waals surface area (Å²) >= 11 is 0. The molecule has 6 nitrogen and oxygen atoms in total. The third-order valence-electron chi connectivity index (χ3n) is 4.15. The molecule has 1 N–H and O–H groups in total. The van der Waals surface area contributed by atoms with Gasteiger partial charge in [-0.2, -0.15) is 5.10 Å². The number of rotatable bonds is 2.